The van der Waals surface area contributed by atoms with Crippen molar-refractivity contribution in [2.24, 2.45) is 0 Å². The third-order valence-electron chi connectivity index (χ3n) is 4.24. The van der Waals surface area contributed by atoms with Gasteiger partial charge in [-0.1, -0.05) is 18.2 Å². The van der Waals surface area contributed by atoms with Gasteiger partial charge in [-0.2, -0.15) is 0 Å². The van der Waals surface area contributed by atoms with E-state index in [1.807, 2.05) is 37.1 Å². The molecule has 0 spiro atoms. The second-order valence-corrected chi connectivity index (χ2v) is 6.16. The molecule has 0 N–H and O–H groups in total. The Morgan fingerprint density at radius 1 is 1.00 bits per heavy atom. The fraction of sp³-hybridized carbons (Fsp3) is 0.300. The third kappa shape index (κ3) is 3.41. The van der Waals surface area contributed by atoms with E-state index < -0.39 is 0 Å². The fourth-order valence-electron chi connectivity index (χ4n) is 3.06. The smallest absolute Gasteiger partial charge is 0.262 e. The number of carbonyl (C=O) groups excluding carboxylic acids is 2. The summed E-state index contributed by atoms with van der Waals surface area (Å²) in [6.07, 6.45) is 0. The zero-order chi connectivity index (χ0) is 18.7. The van der Waals surface area contributed by atoms with Gasteiger partial charge in [0.2, 0.25) is 0 Å². The van der Waals surface area contributed by atoms with Crippen molar-refractivity contribution in [2.45, 2.75) is 13.5 Å². The van der Waals surface area contributed by atoms with Gasteiger partial charge < -0.3 is 9.47 Å². The molecule has 0 saturated heterocycles. The summed E-state index contributed by atoms with van der Waals surface area (Å²) in [4.78, 5) is 28.1. The Labute approximate surface area is 152 Å². The summed E-state index contributed by atoms with van der Waals surface area (Å²) in [5, 5.41) is 0. The number of hydrogen-bond acceptors (Lipinski definition) is 5. The van der Waals surface area contributed by atoms with Gasteiger partial charge in [-0.25, -0.2) is 0 Å². The number of methoxy groups -OCH3 is 1. The van der Waals surface area contributed by atoms with Crippen LogP contribution in [0.25, 0.3) is 0 Å². The lowest BCUT2D eigenvalue weighted by atomic mass is 10.1. The van der Waals surface area contributed by atoms with E-state index in [0.29, 0.717) is 35.8 Å². The molecular formula is C20H22N2O4. The topological polar surface area (TPSA) is 59.1 Å². The number of benzene rings is 2. The SMILES string of the molecule is CCOc1ccc(CN(C)CN2C(=O)c3ccccc3C2=O)cc1OC. The van der Waals surface area contributed by atoms with Crippen LogP contribution in [0.5, 0.6) is 11.5 Å². The summed E-state index contributed by atoms with van der Waals surface area (Å²) in [5.74, 6) is 0.865. The zero-order valence-corrected chi connectivity index (χ0v) is 15.2. The third-order valence-corrected chi connectivity index (χ3v) is 4.24. The fourth-order valence-corrected chi connectivity index (χ4v) is 3.06. The van der Waals surface area contributed by atoms with E-state index in [0.717, 1.165) is 5.56 Å². The second-order valence-electron chi connectivity index (χ2n) is 6.16. The van der Waals surface area contributed by atoms with Crippen LogP contribution in [-0.2, 0) is 6.54 Å². The lowest BCUT2D eigenvalue weighted by Gasteiger charge is -2.23. The van der Waals surface area contributed by atoms with Crippen molar-refractivity contribution in [1.29, 1.82) is 0 Å². The van der Waals surface area contributed by atoms with Gasteiger partial charge in [0.05, 0.1) is 31.5 Å². The summed E-state index contributed by atoms with van der Waals surface area (Å²) in [6, 6.07) is 12.6. The molecule has 0 bridgehead atoms. The van der Waals surface area contributed by atoms with E-state index in [1.165, 1.54) is 4.90 Å². The summed E-state index contributed by atoms with van der Waals surface area (Å²) in [5.41, 5.74) is 1.94. The summed E-state index contributed by atoms with van der Waals surface area (Å²) >= 11 is 0. The van der Waals surface area contributed by atoms with E-state index >= 15 is 0 Å². The molecule has 2 amide bonds. The standard InChI is InChI=1S/C20H22N2O4/c1-4-26-17-10-9-14(11-18(17)25-3)12-21(2)13-22-19(23)15-7-5-6-8-16(15)20(22)24/h5-11H,4,12-13H2,1-3H3. The molecule has 0 unspecified atom stereocenters. The molecule has 2 aromatic rings. The maximum Gasteiger partial charge on any atom is 0.262 e. The predicted octanol–water partition coefficient (Wildman–Crippen LogP) is 2.78. The highest BCUT2D eigenvalue weighted by molar-refractivity contribution is 6.21. The van der Waals surface area contributed by atoms with Crippen LogP contribution < -0.4 is 9.47 Å². The molecule has 1 aliphatic rings. The minimum atomic E-state index is -0.248. The average molecular weight is 354 g/mol. The highest BCUT2D eigenvalue weighted by Gasteiger charge is 2.35. The molecular weight excluding hydrogens is 332 g/mol. The molecule has 0 aromatic heterocycles. The highest BCUT2D eigenvalue weighted by atomic mass is 16.5. The van der Waals surface area contributed by atoms with Gasteiger partial charge >= 0.3 is 0 Å². The minimum absolute atomic E-state index is 0.224. The maximum atomic E-state index is 12.5. The first-order valence-electron chi connectivity index (χ1n) is 8.48. The molecule has 26 heavy (non-hydrogen) atoms. The Balaban J connectivity index is 1.69. The average Bonchev–Trinajstić information content (AvgIpc) is 2.88. The van der Waals surface area contributed by atoms with Crippen LogP contribution in [-0.4, -0.2) is 49.0 Å². The Morgan fingerprint density at radius 3 is 2.23 bits per heavy atom. The minimum Gasteiger partial charge on any atom is -0.493 e. The molecule has 2 aromatic carbocycles. The van der Waals surface area contributed by atoms with Crippen LogP contribution in [0.2, 0.25) is 0 Å². The van der Waals surface area contributed by atoms with Gasteiger partial charge in [0.15, 0.2) is 11.5 Å². The Bertz CT molecular complexity index is 799. The first-order chi connectivity index (χ1) is 12.5. The van der Waals surface area contributed by atoms with Crippen LogP contribution in [0, 0.1) is 0 Å². The number of imide groups is 1. The quantitative estimate of drug-likeness (QED) is 0.716. The molecule has 6 heteroatoms. The number of ether oxygens (including phenoxy) is 2. The van der Waals surface area contributed by atoms with Crippen molar-refractivity contribution in [3.63, 3.8) is 0 Å². The van der Waals surface area contributed by atoms with Crippen LogP contribution in [0.3, 0.4) is 0 Å². The van der Waals surface area contributed by atoms with Gasteiger partial charge in [-0.3, -0.25) is 19.4 Å². The molecule has 136 valence electrons. The molecule has 0 atom stereocenters. The van der Waals surface area contributed by atoms with Gasteiger partial charge in [0.1, 0.15) is 0 Å². The number of nitrogens with zero attached hydrogens (tertiary/aromatic N) is 2. The van der Waals surface area contributed by atoms with Crippen molar-refractivity contribution < 1.29 is 19.1 Å². The lowest BCUT2D eigenvalue weighted by molar-refractivity contribution is 0.0559. The van der Waals surface area contributed by atoms with Crippen molar-refractivity contribution in [1.82, 2.24) is 9.80 Å². The molecule has 0 saturated carbocycles. The molecule has 1 aliphatic heterocycles. The van der Waals surface area contributed by atoms with Crippen LogP contribution in [0.1, 0.15) is 33.2 Å². The predicted molar refractivity (Wildman–Crippen MR) is 97.4 cm³/mol. The summed E-state index contributed by atoms with van der Waals surface area (Å²) < 4.78 is 10.9. The van der Waals surface area contributed by atoms with Crippen molar-refractivity contribution in [2.75, 3.05) is 27.4 Å². The molecule has 0 aliphatic carbocycles. The Hall–Kier alpha value is -2.86. The largest absolute Gasteiger partial charge is 0.493 e. The molecule has 0 fully saturated rings. The van der Waals surface area contributed by atoms with E-state index in [4.69, 9.17) is 9.47 Å². The number of fused-ring (bicyclic) bond motifs is 1. The van der Waals surface area contributed by atoms with Crippen LogP contribution >= 0.6 is 0 Å². The molecule has 3 rings (SSSR count). The number of rotatable bonds is 7. The summed E-state index contributed by atoms with van der Waals surface area (Å²) in [6.45, 7) is 3.27. The van der Waals surface area contributed by atoms with Gasteiger partial charge in [0.25, 0.3) is 11.8 Å². The van der Waals surface area contributed by atoms with Crippen LogP contribution in [0.4, 0.5) is 0 Å². The molecule has 1 heterocycles. The Morgan fingerprint density at radius 2 is 1.65 bits per heavy atom. The Kier molecular flexibility index (Phi) is 5.23. The van der Waals surface area contributed by atoms with Crippen molar-refractivity contribution in [3.05, 3.63) is 59.2 Å². The van der Waals surface area contributed by atoms with Gasteiger partial charge in [-0.15, -0.1) is 0 Å². The van der Waals surface area contributed by atoms with Crippen molar-refractivity contribution >= 4 is 11.8 Å². The maximum absolute atomic E-state index is 12.5. The zero-order valence-electron chi connectivity index (χ0n) is 15.2. The van der Waals surface area contributed by atoms with E-state index in [-0.39, 0.29) is 18.5 Å². The molecule has 6 nitrogen and oxygen atoms in total. The monoisotopic (exact) mass is 354 g/mol. The van der Waals surface area contributed by atoms with Crippen molar-refractivity contribution in [3.8, 4) is 11.5 Å². The van der Waals surface area contributed by atoms with E-state index in [9.17, 15) is 9.59 Å². The highest BCUT2D eigenvalue weighted by Crippen LogP contribution is 2.29. The normalized spacial score (nSPS) is 13.3. The lowest BCUT2D eigenvalue weighted by Crippen LogP contribution is -2.39. The van der Waals surface area contributed by atoms with E-state index in [2.05, 4.69) is 0 Å². The number of amides is 2. The first-order valence-corrected chi connectivity index (χ1v) is 8.48. The first kappa shape index (κ1) is 17.9. The number of carbonyl (C=O) groups is 2. The second kappa shape index (κ2) is 7.58. The van der Waals surface area contributed by atoms with Crippen LogP contribution in [0.15, 0.2) is 42.5 Å². The van der Waals surface area contributed by atoms with Gasteiger partial charge in [0, 0.05) is 6.54 Å². The molecule has 0 radical (unpaired) electrons. The van der Waals surface area contributed by atoms with Gasteiger partial charge in [-0.05, 0) is 43.8 Å². The summed E-state index contributed by atoms with van der Waals surface area (Å²) in [7, 11) is 3.47. The van der Waals surface area contributed by atoms with E-state index in [1.54, 1.807) is 31.4 Å². The number of hydrogen-bond donors (Lipinski definition) is 0.